The Morgan fingerprint density at radius 2 is 2.29 bits per heavy atom. The minimum absolute atomic E-state index is 0.0498. The maximum Gasteiger partial charge on any atom is 0.288 e. The fourth-order valence-corrected chi connectivity index (χ4v) is 2.73. The second kappa shape index (κ2) is 6.71. The second-order valence-corrected chi connectivity index (χ2v) is 6.44. The number of fused-ring (bicyclic) bond motifs is 1. The molecule has 2 rings (SSSR count). The number of hydrogen-bond donors (Lipinski definition) is 2. The Kier molecular flexibility index (Phi) is 4.95. The lowest BCUT2D eigenvalue weighted by Crippen LogP contribution is -2.36. The van der Waals surface area contributed by atoms with Crippen molar-refractivity contribution in [3.05, 3.63) is 18.2 Å². The smallest absolute Gasteiger partial charge is 0.288 e. The molecule has 1 heterocycles. The van der Waals surface area contributed by atoms with Crippen molar-refractivity contribution in [3.63, 3.8) is 0 Å². The lowest BCUT2D eigenvalue weighted by atomic mass is 10.3. The van der Waals surface area contributed by atoms with Gasteiger partial charge in [0.05, 0.1) is 0 Å². The zero-order valence-corrected chi connectivity index (χ0v) is 12.9. The average molecular weight is 309 g/mol. The highest BCUT2D eigenvalue weighted by Gasteiger charge is 2.25. The van der Waals surface area contributed by atoms with Crippen LogP contribution in [0.25, 0.3) is 11.1 Å². The lowest BCUT2D eigenvalue weighted by molar-refractivity contribution is -0.120. The molecule has 0 aliphatic carbocycles. The number of benzene rings is 1. The number of rotatable bonds is 6. The van der Waals surface area contributed by atoms with E-state index in [1.807, 2.05) is 6.92 Å². The van der Waals surface area contributed by atoms with Crippen molar-refractivity contribution < 1.29 is 13.4 Å². The van der Waals surface area contributed by atoms with Gasteiger partial charge in [0.25, 0.3) is 5.22 Å². The topological polar surface area (TPSA) is 98.2 Å². The molecule has 2 unspecified atom stereocenters. The van der Waals surface area contributed by atoms with Crippen molar-refractivity contribution in [2.24, 2.45) is 0 Å². The summed E-state index contributed by atoms with van der Waals surface area (Å²) >= 11 is 0. The third-order valence-corrected chi connectivity index (χ3v) is 4.46. The molecule has 2 atom stereocenters. The lowest BCUT2D eigenvalue weighted by Gasteiger charge is -2.09. The molecule has 0 spiro atoms. The van der Waals surface area contributed by atoms with Crippen LogP contribution < -0.4 is 11.1 Å². The summed E-state index contributed by atoms with van der Waals surface area (Å²) in [6.45, 7) is 4.22. The van der Waals surface area contributed by atoms with Crippen molar-refractivity contribution >= 4 is 33.5 Å². The van der Waals surface area contributed by atoms with Gasteiger partial charge in [0.2, 0.25) is 5.91 Å². The summed E-state index contributed by atoms with van der Waals surface area (Å²) in [6.07, 6.45) is 1.89. The van der Waals surface area contributed by atoms with Gasteiger partial charge >= 0.3 is 0 Å². The van der Waals surface area contributed by atoms with E-state index in [1.165, 1.54) is 0 Å². The zero-order valence-electron chi connectivity index (χ0n) is 12.1. The number of carbonyl (C=O) groups excluding carboxylic acids is 1. The monoisotopic (exact) mass is 309 g/mol. The van der Waals surface area contributed by atoms with E-state index in [9.17, 15) is 9.00 Å². The molecule has 114 valence electrons. The van der Waals surface area contributed by atoms with Crippen LogP contribution in [0.1, 0.15) is 26.7 Å². The molecular formula is C14H19N3O3S. The van der Waals surface area contributed by atoms with Crippen LogP contribution in [0.5, 0.6) is 0 Å². The first-order valence-electron chi connectivity index (χ1n) is 6.87. The summed E-state index contributed by atoms with van der Waals surface area (Å²) in [5, 5.41) is 2.09. The van der Waals surface area contributed by atoms with E-state index in [-0.39, 0.29) is 11.1 Å². The highest BCUT2D eigenvalue weighted by Crippen LogP contribution is 2.21. The van der Waals surface area contributed by atoms with E-state index in [1.54, 1.807) is 25.1 Å². The van der Waals surface area contributed by atoms with E-state index >= 15 is 0 Å². The van der Waals surface area contributed by atoms with Gasteiger partial charge in [-0.2, -0.15) is 0 Å². The number of carbonyl (C=O) groups is 1. The fraction of sp³-hybridized carbons (Fsp3) is 0.429. The number of nitrogens with zero attached hydrogens (tertiary/aromatic N) is 1. The highest BCUT2D eigenvalue weighted by molar-refractivity contribution is 7.86. The van der Waals surface area contributed by atoms with E-state index < -0.39 is 16.0 Å². The second-order valence-electron chi connectivity index (χ2n) is 4.79. The SMILES string of the molecule is CCCCNC(=O)C(C)S(=O)c1nc2cc(N)ccc2o1. The van der Waals surface area contributed by atoms with E-state index in [4.69, 9.17) is 10.2 Å². The number of nitrogen functional groups attached to an aromatic ring is 1. The fourth-order valence-electron chi connectivity index (χ4n) is 1.79. The Morgan fingerprint density at radius 1 is 1.52 bits per heavy atom. The number of oxazole rings is 1. The molecule has 0 aliphatic heterocycles. The first-order chi connectivity index (χ1) is 10.0. The number of nitrogens with one attached hydrogen (secondary N) is 1. The molecule has 0 aliphatic rings. The number of unbranched alkanes of at least 4 members (excludes halogenated alkanes) is 1. The highest BCUT2D eigenvalue weighted by atomic mass is 32.2. The summed E-state index contributed by atoms with van der Waals surface area (Å²) in [5.41, 5.74) is 7.26. The summed E-state index contributed by atoms with van der Waals surface area (Å²) in [4.78, 5) is 16.1. The minimum Gasteiger partial charge on any atom is -0.430 e. The molecule has 1 aromatic carbocycles. The Hall–Kier alpha value is -1.89. The molecule has 21 heavy (non-hydrogen) atoms. The van der Waals surface area contributed by atoms with Crippen molar-refractivity contribution in [1.82, 2.24) is 10.3 Å². The largest absolute Gasteiger partial charge is 0.430 e. The van der Waals surface area contributed by atoms with Crippen molar-refractivity contribution in [2.75, 3.05) is 12.3 Å². The number of nitrogens with two attached hydrogens (primary N) is 1. The third-order valence-electron chi connectivity index (χ3n) is 3.08. The van der Waals surface area contributed by atoms with Crippen molar-refractivity contribution in [1.29, 1.82) is 0 Å². The van der Waals surface area contributed by atoms with E-state index in [2.05, 4.69) is 10.3 Å². The maximum absolute atomic E-state index is 12.3. The van der Waals surface area contributed by atoms with Crippen molar-refractivity contribution in [2.45, 2.75) is 37.2 Å². The van der Waals surface area contributed by atoms with Crippen LogP contribution in [0.15, 0.2) is 27.8 Å². The van der Waals surface area contributed by atoms with Crippen LogP contribution in [0.3, 0.4) is 0 Å². The molecule has 0 radical (unpaired) electrons. The first kappa shape index (κ1) is 15.5. The standard InChI is InChI=1S/C14H19N3O3S/c1-3-4-7-16-13(18)9(2)21(19)14-17-11-8-10(15)5-6-12(11)20-14/h5-6,8-9H,3-4,7,15H2,1-2H3,(H,16,18). The third kappa shape index (κ3) is 3.60. The number of hydrogen-bond acceptors (Lipinski definition) is 5. The normalized spacial score (nSPS) is 14.0. The number of amides is 1. The summed E-state index contributed by atoms with van der Waals surface area (Å²) in [5.74, 6) is -0.261. The van der Waals surface area contributed by atoms with Crippen LogP contribution in [0.4, 0.5) is 5.69 Å². The molecule has 6 nitrogen and oxygen atoms in total. The van der Waals surface area contributed by atoms with Gasteiger partial charge in [0.1, 0.15) is 21.6 Å². The summed E-state index contributed by atoms with van der Waals surface area (Å²) < 4.78 is 17.8. The van der Waals surface area contributed by atoms with E-state index in [0.717, 1.165) is 12.8 Å². The predicted molar refractivity (Wildman–Crippen MR) is 82.2 cm³/mol. The van der Waals surface area contributed by atoms with Crippen LogP contribution in [-0.4, -0.2) is 26.9 Å². The molecular weight excluding hydrogens is 290 g/mol. The molecule has 2 aromatic rings. The van der Waals surface area contributed by atoms with Gasteiger partial charge in [-0.25, -0.2) is 9.19 Å². The van der Waals surface area contributed by atoms with Gasteiger partial charge in [-0.3, -0.25) is 4.79 Å². The summed E-state index contributed by atoms with van der Waals surface area (Å²) in [7, 11) is -1.63. The van der Waals surface area contributed by atoms with Crippen LogP contribution in [-0.2, 0) is 15.6 Å². The zero-order chi connectivity index (χ0) is 15.4. The molecule has 0 fully saturated rings. The Bertz CT molecular complexity index is 669. The number of aromatic nitrogens is 1. The summed E-state index contributed by atoms with van der Waals surface area (Å²) in [6, 6.07) is 5.00. The molecule has 1 amide bonds. The van der Waals surface area contributed by atoms with Crippen molar-refractivity contribution in [3.8, 4) is 0 Å². The Balaban J connectivity index is 2.11. The Morgan fingerprint density at radius 3 is 3.00 bits per heavy atom. The van der Waals surface area contributed by atoms with Gasteiger partial charge in [-0.15, -0.1) is 0 Å². The van der Waals surface area contributed by atoms with E-state index in [0.29, 0.717) is 23.3 Å². The molecule has 3 N–H and O–H groups in total. The molecule has 1 aromatic heterocycles. The molecule has 0 bridgehead atoms. The van der Waals surface area contributed by atoms with Gasteiger partial charge in [0, 0.05) is 12.2 Å². The predicted octanol–water partition coefficient (Wildman–Crippen LogP) is 1.82. The number of anilines is 1. The van der Waals surface area contributed by atoms with Gasteiger partial charge in [0.15, 0.2) is 5.58 Å². The van der Waals surface area contributed by atoms with Gasteiger partial charge < -0.3 is 15.5 Å². The molecule has 7 heteroatoms. The Labute approximate surface area is 125 Å². The molecule has 0 saturated heterocycles. The first-order valence-corrected chi connectivity index (χ1v) is 8.08. The van der Waals surface area contributed by atoms with Crippen LogP contribution in [0.2, 0.25) is 0 Å². The molecule has 0 saturated carbocycles. The van der Waals surface area contributed by atoms with Gasteiger partial charge in [-0.05, 0) is 31.5 Å². The van der Waals surface area contributed by atoms with Crippen LogP contribution in [0, 0.1) is 0 Å². The van der Waals surface area contributed by atoms with Gasteiger partial charge in [-0.1, -0.05) is 13.3 Å². The quantitative estimate of drug-likeness (QED) is 0.626. The average Bonchev–Trinajstić information content (AvgIpc) is 2.88. The maximum atomic E-state index is 12.3. The van der Waals surface area contributed by atoms with Crippen LogP contribution >= 0.6 is 0 Å². The minimum atomic E-state index is -1.63.